The van der Waals surface area contributed by atoms with Gasteiger partial charge in [-0.05, 0) is 11.6 Å². The highest BCUT2D eigenvalue weighted by Gasteiger charge is 2.27. The third-order valence-corrected chi connectivity index (χ3v) is 2.82. The van der Waals surface area contributed by atoms with Crippen LogP contribution in [0.3, 0.4) is 0 Å². The number of para-hydroxylation sites is 1. The van der Waals surface area contributed by atoms with Crippen LogP contribution < -0.4 is 4.90 Å². The van der Waals surface area contributed by atoms with Gasteiger partial charge in [-0.2, -0.15) is 0 Å². The Labute approximate surface area is 84.5 Å². The van der Waals surface area contributed by atoms with Crippen LogP contribution in [0.4, 0.5) is 5.69 Å². The second kappa shape index (κ2) is 3.45. The summed E-state index contributed by atoms with van der Waals surface area (Å²) in [5.41, 5.74) is 2.40. The van der Waals surface area contributed by atoms with Gasteiger partial charge in [0.15, 0.2) is 0 Å². The lowest BCUT2D eigenvalue weighted by atomic mass is 10.0. The van der Waals surface area contributed by atoms with Crippen LogP contribution >= 0.6 is 0 Å². The highest BCUT2D eigenvalue weighted by molar-refractivity contribution is 5.95. The molecule has 0 aromatic heterocycles. The van der Waals surface area contributed by atoms with E-state index in [2.05, 4.69) is 13.0 Å². The quantitative estimate of drug-likeness (QED) is 0.664. The van der Waals surface area contributed by atoms with Crippen LogP contribution in [0.1, 0.15) is 31.7 Å². The molecule has 2 rings (SSSR count). The molecule has 2 heteroatoms. The number of fused-ring (bicyclic) bond motifs is 1. The third-order valence-electron chi connectivity index (χ3n) is 2.82. The van der Waals surface area contributed by atoms with E-state index in [9.17, 15) is 4.79 Å². The fraction of sp³-hybridized carbons (Fsp3) is 0.417. The molecular formula is C12H15NO. The van der Waals surface area contributed by atoms with Crippen molar-refractivity contribution in [2.75, 3.05) is 11.4 Å². The molecule has 74 valence electrons. The Morgan fingerprint density at radius 1 is 1.50 bits per heavy atom. The molecule has 1 heterocycles. The molecule has 0 aliphatic carbocycles. The molecule has 1 aliphatic heterocycles. The predicted octanol–water partition coefficient (Wildman–Crippen LogP) is 2.55. The molecule has 0 fully saturated rings. The van der Waals surface area contributed by atoms with Crippen molar-refractivity contribution in [2.24, 2.45) is 0 Å². The standard InChI is InChI=1S/C12H15NO/c1-3-12(14)13-8-9(2)10-6-4-5-7-11(10)13/h4-7,9H,3,8H2,1-2H3. The van der Waals surface area contributed by atoms with Crippen LogP contribution in [0.5, 0.6) is 0 Å². The molecule has 1 aromatic carbocycles. The van der Waals surface area contributed by atoms with Gasteiger partial charge < -0.3 is 4.90 Å². The minimum atomic E-state index is 0.224. The molecule has 0 saturated carbocycles. The Kier molecular flexibility index (Phi) is 2.28. The largest absolute Gasteiger partial charge is 0.312 e. The molecule has 0 bridgehead atoms. The van der Waals surface area contributed by atoms with Crippen molar-refractivity contribution in [1.82, 2.24) is 0 Å². The lowest BCUT2D eigenvalue weighted by molar-refractivity contribution is -0.118. The molecule has 1 unspecified atom stereocenters. The van der Waals surface area contributed by atoms with Gasteiger partial charge in [0.05, 0.1) is 0 Å². The molecule has 0 N–H and O–H groups in total. The lowest BCUT2D eigenvalue weighted by Gasteiger charge is -2.16. The smallest absolute Gasteiger partial charge is 0.226 e. The van der Waals surface area contributed by atoms with Gasteiger partial charge >= 0.3 is 0 Å². The summed E-state index contributed by atoms with van der Waals surface area (Å²) >= 11 is 0. The van der Waals surface area contributed by atoms with Crippen molar-refractivity contribution >= 4 is 11.6 Å². The van der Waals surface area contributed by atoms with Crippen LogP contribution in [-0.4, -0.2) is 12.5 Å². The molecule has 1 amide bonds. The first-order valence-corrected chi connectivity index (χ1v) is 5.13. The van der Waals surface area contributed by atoms with Crippen LogP contribution in [0.25, 0.3) is 0 Å². The maximum Gasteiger partial charge on any atom is 0.226 e. The van der Waals surface area contributed by atoms with Crippen molar-refractivity contribution in [1.29, 1.82) is 0 Å². The van der Waals surface area contributed by atoms with Gasteiger partial charge in [-0.15, -0.1) is 0 Å². The zero-order valence-electron chi connectivity index (χ0n) is 8.66. The minimum absolute atomic E-state index is 0.224. The van der Waals surface area contributed by atoms with Crippen LogP contribution in [0.2, 0.25) is 0 Å². The van der Waals surface area contributed by atoms with E-state index >= 15 is 0 Å². The molecule has 1 atom stereocenters. The van der Waals surface area contributed by atoms with Crippen molar-refractivity contribution in [3.63, 3.8) is 0 Å². The maximum absolute atomic E-state index is 11.6. The summed E-state index contributed by atoms with van der Waals surface area (Å²) in [6.45, 7) is 4.92. The second-order valence-corrected chi connectivity index (χ2v) is 3.82. The Bertz CT molecular complexity index is 359. The normalized spacial score (nSPS) is 19.6. The Morgan fingerprint density at radius 3 is 2.93 bits per heavy atom. The predicted molar refractivity (Wildman–Crippen MR) is 57.5 cm³/mol. The van der Waals surface area contributed by atoms with E-state index in [1.54, 1.807) is 0 Å². The summed E-state index contributed by atoms with van der Waals surface area (Å²) in [6, 6.07) is 8.18. The van der Waals surface area contributed by atoms with E-state index in [4.69, 9.17) is 0 Å². The van der Waals surface area contributed by atoms with Crippen molar-refractivity contribution < 1.29 is 4.79 Å². The fourth-order valence-electron chi connectivity index (χ4n) is 2.05. The SMILES string of the molecule is CCC(=O)N1CC(C)c2ccccc21. The summed E-state index contributed by atoms with van der Waals surface area (Å²) < 4.78 is 0. The summed E-state index contributed by atoms with van der Waals surface area (Å²) in [5, 5.41) is 0. The van der Waals surface area contributed by atoms with Gasteiger partial charge in [-0.1, -0.05) is 32.0 Å². The average Bonchev–Trinajstić information content (AvgIpc) is 2.56. The molecule has 0 spiro atoms. The van der Waals surface area contributed by atoms with E-state index in [0.29, 0.717) is 12.3 Å². The van der Waals surface area contributed by atoms with Crippen molar-refractivity contribution in [2.45, 2.75) is 26.2 Å². The summed E-state index contributed by atoms with van der Waals surface area (Å²) in [5.74, 6) is 0.698. The molecule has 14 heavy (non-hydrogen) atoms. The zero-order valence-corrected chi connectivity index (χ0v) is 8.66. The topological polar surface area (TPSA) is 20.3 Å². The van der Waals surface area contributed by atoms with Crippen molar-refractivity contribution in [3.05, 3.63) is 29.8 Å². The minimum Gasteiger partial charge on any atom is -0.312 e. The summed E-state index contributed by atoms with van der Waals surface area (Å²) in [6.07, 6.45) is 0.584. The lowest BCUT2D eigenvalue weighted by Crippen LogP contribution is -2.28. The van der Waals surface area contributed by atoms with Gasteiger partial charge in [0, 0.05) is 24.6 Å². The van der Waals surface area contributed by atoms with Gasteiger partial charge in [0.1, 0.15) is 0 Å². The Hall–Kier alpha value is -1.31. The monoisotopic (exact) mass is 189 g/mol. The van der Waals surface area contributed by atoms with Crippen LogP contribution in [-0.2, 0) is 4.79 Å². The highest BCUT2D eigenvalue weighted by atomic mass is 16.2. The van der Waals surface area contributed by atoms with E-state index in [1.165, 1.54) is 5.56 Å². The third kappa shape index (κ3) is 1.31. The first-order valence-electron chi connectivity index (χ1n) is 5.13. The van der Waals surface area contributed by atoms with Gasteiger partial charge in [0.25, 0.3) is 0 Å². The van der Waals surface area contributed by atoms with Gasteiger partial charge in [0.2, 0.25) is 5.91 Å². The van der Waals surface area contributed by atoms with E-state index in [0.717, 1.165) is 12.2 Å². The number of nitrogens with zero attached hydrogens (tertiary/aromatic N) is 1. The first kappa shape index (κ1) is 9.25. The number of anilines is 1. The number of benzene rings is 1. The molecule has 1 aromatic rings. The first-order chi connectivity index (χ1) is 6.74. The summed E-state index contributed by atoms with van der Waals surface area (Å²) in [4.78, 5) is 13.6. The highest BCUT2D eigenvalue weighted by Crippen LogP contribution is 2.35. The van der Waals surface area contributed by atoms with Crippen LogP contribution in [0, 0.1) is 0 Å². The van der Waals surface area contributed by atoms with Gasteiger partial charge in [-0.25, -0.2) is 0 Å². The molecule has 2 nitrogen and oxygen atoms in total. The number of carbonyl (C=O) groups is 1. The van der Waals surface area contributed by atoms with E-state index in [1.807, 2.05) is 30.0 Å². The van der Waals surface area contributed by atoms with Crippen molar-refractivity contribution in [3.8, 4) is 0 Å². The zero-order chi connectivity index (χ0) is 10.1. The number of hydrogen-bond acceptors (Lipinski definition) is 1. The number of carbonyl (C=O) groups excluding carboxylic acids is 1. The molecular weight excluding hydrogens is 174 g/mol. The molecule has 0 saturated heterocycles. The second-order valence-electron chi connectivity index (χ2n) is 3.82. The summed E-state index contributed by atoms with van der Waals surface area (Å²) in [7, 11) is 0. The number of hydrogen-bond donors (Lipinski definition) is 0. The average molecular weight is 189 g/mol. The Balaban J connectivity index is 2.39. The Morgan fingerprint density at radius 2 is 2.21 bits per heavy atom. The molecule has 0 radical (unpaired) electrons. The van der Waals surface area contributed by atoms with E-state index < -0.39 is 0 Å². The van der Waals surface area contributed by atoms with E-state index in [-0.39, 0.29) is 5.91 Å². The molecule has 1 aliphatic rings. The maximum atomic E-state index is 11.6. The number of amides is 1. The fourth-order valence-corrected chi connectivity index (χ4v) is 2.05. The van der Waals surface area contributed by atoms with Gasteiger partial charge in [-0.3, -0.25) is 4.79 Å². The van der Waals surface area contributed by atoms with Crippen LogP contribution in [0.15, 0.2) is 24.3 Å². The number of rotatable bonds is 1.